The van der Waals surface area contributed by atoms with Crippen LogP contribution in [0.2, 0.25) is 0 Å². The van der Waals surface area contributed by atoms with Crippen molar-refractivity contribution in [2.24, 2.45) is 11.8 Å². The van der Waals surface area contributed by atoms with Crippen LogP contribution in [0.1, 0.15) is 29.3 Å². The number of nitrogens with two attached hydrogens (primary N) is 1. The fourth-order valence-electron chi connectivity index (χ4n) is 2.13. The van der Waals surface area contributed by atoms with Crippen LogP contribution >= 0.6 is 0 Å². The van der Waals surface area contributed by atoms with Crippen LogP contribution < -0.4 is 5.73 Å². The monoisotopic (exact) mass is 250 g/mol. The first-order valence-electron chi connectivity index (χ1n) is 6.21. The van der Waals surface area contributed by atoms with Crippen molar-refractivity contribution in [2.45, 2.75) is 20.3 Å². The molecule has 0 heterocycles. The Labute approximate surface area is 107 Å². The highest BCUT2D eigenvalue weighted by Gasteiger charge is 2.34. The zero-order valence-electron chi connectivity index (χ0n) is 11.0. The van der Waals surface area contributed by atoms with Crippen LogP contribution in [0.15, 0.2) is 12.1 Å². The smallest absolute Gasteiger partial charge is 0.253 e. The standard InChI is InChI=1S/C14H19FN2O/c1-8-4-11(8)7-17(3)14(18)10-5-12(15)9(2)13(16)6-10/h5-6,8,11H,4,7,16H2,1-3H3. The Balaban J connectivity index is 2.13. The Morgan fingerprint density at radius 2 is 2.17 bits per heavy atom. The first kappa shape index (κ1) is 12.9. The molecule has 1 aromatic carbocycles. The summed E-state index contributed by atoms with van der Waals surface area (Å²) in [5.41, 5.74) is 6.73. The SMILES string of the molecule is Cc1c(N)cc(C(=O)N(C)CC2CC2C)cc1F. The zero-order chi connectivity index (χ0) is 13.4. The molecule has 1 saturated carbocycles. The zero-order valence-corrected chi connectivity index (χ0v) is 11.0. The second-order valence-corrected chi connectivity index (χ2v) is 5.33. The van der Waals surface area contributed by atoms with Crippen molar-refractivity contribution in [1.29, 1.82) is 0 Å². The topological polar surface area (TPSA) is 46.3 Å². The molecule has 0 saturated heterocycles. The number of carbonyl (C=O) groups excluding carboxylic acids is 1. The summed E-state index contributed by atoms with van der Waals surface area (Å²) in [7, 11) is 1.75. The van der Waals surface area contributed by atoms with Gasteiger partial charge in [0.15, 0.2) is 0 Å². The van der Waals surface area contributed by atoms with E-state index in [-0.39, 0.29) is 5.91 Å². The normalized spacial score (nSPS) is 21.8. The minimum atomic E-state index is -0.425. The average Bonchev–Trinajstić information content (AvgIpc) is 3.00. The molecule has 1 aliphatic carbocycles. The lowest BCUT2D eigenvalue weighted by molar-refractivity contribution is 0.0786. The minimum absolute atomic E-state index is 0.167. The predicted octanol–water partition coefficient (Wildman–Crippen LogP) is 2.44. The van der Waals surface area contributed by atoms with Gasteiger partial charge in [-0.15, -0.1) is 0 Å². The van der Waals surface area contributed by atoms with Gasteiger partial charge in [-0.1, -0.05) is 6.92 Å². The maximum Gasteiger partial charge on any atom is 0.253 e. The highest BCUT2D eigenvalue weighted by molar-refractivity contribution is 5.95. The number of amides is 1. The second kappa shape index (κ2) is 4.59. The van der Waals surface area contributed by atoms with Crippen molar-refractivity contribution in [2.75, 3.05) is 19.3 Å². The Hall–Kier alpha value is -1.58. The van der Waals surface area contributed by atoms with E-state index in [0.29, 0.717) is 28.7 Å². The lowest BCUT2D eigenvalue weighted by Gasteiger charge is -2.17. The number of halogens is 1. The van der Waals surface area contributed by atoms with Gasteiger partial charge in [0.05, 0.1) is 0 Å². The van der Waals surface area contributed by atoms with Crippen LogP contribution in [0.5, 0.6) is 0 Å². The van der Waals surface area contributed by atoms with E-state index in [1.54, 1.807) is 24.9 Å². The van der Waals surface area contributed by atoms with E-state index in [1.165, 1.54) is 12.5 Å². The van der Waals surface area contributed by atoms with Crippen LogP contribution in [-0.2, 0) is 0 Å². The van der Waals surface area contributed by atoms with Gasteiger partial charge in [0.2, 0.25) is 0 Å². The number of nitrogen functional groups attached to an aromatic ring is 1. The van der Waals surface area contributed by atoms with E-state index in [1.807, 2.05) is 0 Å². The maximum atomic E-state index is 13.5. The van der Waals surface area contributed by atoms with E-state index in [0.717, 1.165) is 6.54 Å². The molecule has 2 unspecified atom stereocenters. The van der Waals surface area contributed by atoms with Gasteiger partial charge in [-0.25, -0.2) is 4.39 Å². The summed E-state index contributed by atoms with van der Waals surface area (Å²) in [6.07, 6.45) is 1.17. The summed E-state index contributed by atoms with van der Waals surface area (Å²) in [6.45, 7) is 4.51. The third kappa shape index (κ3) is 2.47. The summed E-state index contributed by atoms with van der Waals surface area (Å²) < 4.78 is 13.5. The van der Waals surface area contributed by atoms with Gasteiger partial charge in [0, 0.05) is 30.4 Å². The molecule has 0 radical (unpaired) electrons. The highest BCUT2D eigenvalue weighted by atomic mass is 19.1. The molecular formula is C14H19FN2O. The molecule has 0 spiro atoms. The Morgan fingerprint density at radius 3 is 2.67 bits per heavy atom. The summed E-state index contributed by atoms with van der Waals surface area (Å²) in [6, 6.07) is 2.81. The number of hydrogen-bond donors (Lipinski definition) is 1. The molecular weight excluding hydrogens is 231 g/mol. The molecule has 0 aliphatic heterocycles. The van der Waals surface area contributed by atoms with Gasteiger partial charge in [-0.2, -0.15) is 0 Å². The van der Waals surface area contributed by atoms with Crippen molar-refractivity contribution in [3.8, 4) is 0 Å². The number of rotatable bonds is 3. The Kier molecular flexibility index (Phi) is 3.28. The molecule has 1 aromatic rings. The molecule has 2 rings (SSSR count). The van der Waals surface area contributed by atoms with E-state index in [9.17, 15) is 9.18 Å². The summed E-state index contributed by atoms with van der Waals surface area (Å²) in [5, 5.41) is 0. The maximum absolute atomic E-state index is 13.5. The third-order valence-corrected chi connectivity index (χ3v) is 3.76. The second-order valence-electron chi connectivity index (χ2n) is 5.33. The van der Waals surface area contributed by atoms with E-state index >= 15 is 0 Å². The van der Waals surface area contributed by atoms with Crippen LogP contribution in [0, 0.1) is 24.6 Å². The van der Waals surface area contributed by atoms with Gasteiger partial charge < -0.3 is 10.6 Å². The van der Waals surface area contributed by atoms with Crippen molar-refractivity contribution < 1.29 is 9.18 Å². The number of hydrogen-bond acceptors (Lipinski definition) is 2. The first-order chi connectivity index (χ1) is 8.40. The fourth-order valence-corrected chi connectivity index (χ4v) is 2.13. The predicted molar refractivity (Wildman–Crippen MR) is 69.8 cm³/mol. The largest absolute Gasteiger partial charge is 0.398 e. The van der Waals surface area contributed by atoms with Gasteiger partial charge in [0.25, 0.3) is 5.91 Å². The van der Waals surface area contributed by atoms with Crippen molar-refractivity contribution >= 4 is 11.6 Å². The Morgan fingerprint density at radius 1 is 1.56 bits per heavy atom. The summed E-state index contributed by atoms with van der Waals surface area (Å²) in [5.74, 6) is 0.693. The van der Waals surface area contributed by atoms with Gasteiger partial charge in [-0.3, -0.25) is 4.79 Å². The van der Waals surface area contributed by atoms with Crippen molar-refractivity contribution in [3.63, 3.8) is 0 Å². The number of anilines is 1. The van der Waals surface area contributed by atoms with Crippen molar-refractivity contribution in [3.05, 3.63) is 29.1 Å². The lowest BCUT2D eigenvalue weighted by atomic mass is 10.1. The molecule has 1 fully saturated rings. The van der Waals surface area contributed by atoms with Gasteiger partial charge >= 0.3 is 0 Å². The van der Waals surface area contributed by atoms with Crippen LogP contribution in [-0.4, -0.2) is 24.4 Å². The fraction of sp³-hybridized carbons (Fsp3) is 0.500. The molecule has 0 aromatic heterocycles. The lowest BCUT2D eigenvalue weighted by Crippen LogP contribution is -2.29. The molecule has 2 atom stereocenters. The quantitative estimate of drug-likeness (QED) is 0.837. The molecule has 0 bridgehead atoms. The minimum Gasteiger partial charge on any atom is -0.398 e. The van der Waals surface area contributed by atoms with E-state index < -0.39 is 5.82 Å². The van der Waals surface area contributed by atoms with E-state index in [2.05, 4.69) is 6.92 Å². The third-order valence-electron chi connectivity index (χ3n) is 3.76. The highest BCUT2D eigenvalue weighted by Crippen LogP contribution is 2.38. The molecule has 18 heavy (non-hydrogen) atoms. The summed E-state index contributed by atoms with van der Waals surface area (Å²) in [4.78, 5) is 13.8. The number of benzene rings is 1. The van der Waals surface area contributed by atoms with Crippen LogP contribution in [0.4, 0.5) is 10.1 Å². The van der Waals surface area contributed by atoms with Gasteiger partial charge in [-0.05, 0) is 37.3 Å². The summed E-state index contributed by atoms with van der Waals surface area (Å²) >= 11 is 0. The first-order valence-corrected chi connectivity index (χ1v) is 6.21. The number of nitrogens with zero attached hydrogens (tertiary/aromatic N) is 1. The van der Waals surface area contributed by atoms with Crippen LogP contribution in [0.25, 0.3) is 0 Å². The average molecular weight is 250 g/mol. The molecule has 1 aliphatic rings. The molecule has 2 N–H and O–H groups in total. The van der Waals surface area contributed by atoms with E-state index in [4.69, 9.17) is 5.73 Å². The van der Waals surface area contributed by atoms with Crippen molar-refractivity contribution in [1.82, 2.24) is 4.90 Å². The number of carbonyl (C=O) groups is 1. The molecule has 98 valence electrons. The molecule has 4 heteroatoms. The molecule has 1 amide bonds. The molecule has 3 nitrogen and oxygen atoms in total. The van der Waals surface area contributed by atoms with Crippen LogP contribution in [0.3, 0.4) is 0 Å². The Bertz CT molecular complexity index is 464. The van der Waals surface area contributed by atoms with Gasteiger partial charge in [0.1, 0.15) is 5.82 Å².